The summed E-state index contributed by atoms with van der Waals surface area (Å²) in [5.41, 5.74) is 2.89. The third-order valence-corrected chi connectivity index (χ3v) is 5.27. The number of amides is 2. The number of aromatic nitrogens is 2. The molecule has 8 heteroatoms. The number of nitrogens with zero attached hydrogens (tertiary/aromatic N) is 2. The van der Waals surface area contributed by atoms with Gasteiger partial charge in [-0.25, -0.2) is 14.6 Å². The van der Waals surface area contributed by atoms with Gasteiger partial charge in [0.2, 0.25) is 0 Å². The SMILES string of the molecule is CCOC(=O)C1=C(CSc2nccn2C)NC(=O)N[C@H]1c1ccc(C)cc1. The van der Waals surface area contributed by atoms with Gasteiger partial charge >= 0.3 is 12.0 Å². The number of hydrogen-bond donors (Lipinski definition) is 2. The summed E-state index contributed by atoms with van der Waals surface area (Å²) in [6, 6.07) is 6.82. The van der Waals surface area contributed by atoms with Crippen LogP contribution in [0.1, 0.15) is 24.1 Å². The fraction of sp³-hybridized carbons (Fsp3) is 0.316. The van der Waals surface area contributed by atoms with Crippen LogP contribution in [0, 0.1) is 6.92 Å². The van der Waals surface area contributed by atoms with Gasteiger partial charge in [-0.1, -0.05) is 41.6 Å². The fourth-order valence-corrected chi connectivity index (χ4v) is 3.72. The van der Waals surface area contributed by atoms with E-state index >= 15 is 0 Å². The number of carbonyl (C=O) groups excluding carboxylic acids is 2. The second kappa shape index (κ2) is 8.30. The zero-order valence-electron chi connectivity index (χ0n) is 15.5. The number of nitrogens with one attached hydrogen (secondary N) is 2. The maximum atomic E-state index is 12.7. The first-order chi connectivity index (χ1) is 13.0. The Bertz CT molecular complexity index is 873. The van der Waals surface area contributed by atoms with Crippen molar-refractivity contribution < 1.29 is 14.3 Å². The van der Waals surface area contributed by atoms with Gasteiger partial charge in [-0.3, -0.25) is 0 Å². The van der Waals surface area contributed by atoms with Crippen molar-refractivity contribution >= 4 is 23.8 Å². The number of aryl methyl sites for hydroxylation is 2. The number of benzene rings is 1. The van der Waals surface area contributed by atoms with Gasteiger partial charge in [-0.05, 0) is 19.4 Å². The average molecular weight is 386 g/mol. The maximum Gasteiger partial charge on any atom is 0.338 e. The van der Waals surface area contributed by atoms with E-state index in [4.69, 9.17) is 4.74 Å². The largest absolute Gasteiger partial charge is 0.463 e. The van der Waals surface area contributed by atoms with Crippen LogP contribution in [-0.2, 0) is 16.6 Å². The molecule has 0 fully saturated rings. The van der Waals surface area contributed by atoms with Crippen molar-refractivity contribution in [2.45, 2.75) is 25.0 Å². The van der Waals surface area contributed by atoms with Crippen molar-refractivity contribution in [2.75, 3.05) is 12.4 Å². The smallest absolute Gasteiger partial charge is 0.338 e. The number of hydrogen-bond acceptors (Lipinski definition) is 5. The zero-order valence-corrected chi connectivity index (χ0v) is 16.3. The molecule has 1 aromatic heterocycles. The lowest BCUT2D eigenvalue weighted by molar-refractivity contribution is -0.139. The molecule has 142 valence electrons. The summed E-state index contributed by atoms with van der Waals surface area (Å²) in [5, 5.41) is 6.40. The van der Waals surface area contributed by atoms with Crippen molar-refractivity contribution in [3.05, 3.63) is 59.1 Å². The van der Waals surface area contributed by atoms with E-state index in [1.165, 1.54) is 11.8 Å². The Hall–Kier alpha value is -2.74. The monoisotopic (exact) mass is 386 g/mol. The molecule has 0 spiro atoms. The van der Waals surface area contributed by atoms with Crippen molar-refractivity contribution in [1.82, 2.24) is 20.2 Å². The summed E-state index contributed by atoms with van der Waals surface area (Å²) in [4.78, 5) is 29.2. The predicted molar refractivity (Wildman–Crippen MR) is 103 cm³/mol. The molecule has 1 aromatic carbocycles. The molecule has 0 radical (unpaired) electrons. The summed E-state index contributed by atoms with van der Waals surface area (Å²) >= 11 is 1.44. The van der Waals surface area contributed by atoms with Gasteiger partial charge in [0.25, 0.3) is 0 Å². The predicted octanol–water partition coefficient (Wildman–Crippen LogP) is 2.69. The van der Waals surface area contributed by atoms with Gasteiger partial charge in [0.15, 0.2) is 5.16 Å². The lowest BCUT2D eigenvalue weighted by Crippen LogP contribution is -2.46. The summed E-state index contributed by atoms with van der Waals surface area (Å²) in [6.07, 6.45) is 3.55. The Kier molecular flexibility index (Phi) is 5.85. The Morgan fingerprint density at radius 1 is 1.33 bits per heavy atom. The van der Waals surface area contributed by atoms with Gasteiger partial charge in [0, 0.05) is 30.9 Å². The highest BCUT2D eigenvalue weighted by Crippen LogP contribution is 2.30. The maximum absolute atomic E-state index is 12.7. The topological polar surface area (TPSA) is 85.2 Å². The van der Waals surface area contributed by atoms with E-state index in [1.807, 2.05) is 49.0 Å². The molecule has 1 aliphatic heterocycles. The highest BCUT2D eigenvalue weighted by atomic mass is 32.2. The minimum atomic E-state index is -0.560. The lowest BCUT2D eigenvalue weighted by Gasteiger charge is -2.29. The molecule has 1 atom stereocenters. The highest BCUT2D eigenvalue weighted by Gasteiger charge is 2.33. The number of ether oxygens (including phenoxy) is 1. The molecule has 2 heterocycles. The molecule has 0 saturated carbocycles. The second-order valence-corrected chi connectivity index (χ2v) is 7.11. The van der Waals surface area contributed by atoms with Crippen LogP contribution in [0.15, 0.2) is 53.1 Å². The number of thioether (sulfide) groups is 1. The van der Waals surface area contributed by atoms with Crippen molar-refractivity contribution in [2.24, 2.45) is 7.05 Å². The molecule has 2 N–H and O–H groups in total. The summed E-state index contributed by atoms with van der Waals surface area (Å²) in [5.74, 6) is -0.0413. The third-order valence-electron chi connectivity index (χ3n) is 4.18. The van der Waals surface area contributed by atoms with Crippen molar-refractivity contribution in [3.63, 3.8) is 0 Å². The van der Waals surface area contributed by atoms with E-state index in [9.17, 15) is 9.59 Å². The molecule has 7 nitrogen and oxygen atoms in total. The molecule has 1 aliphatic rings. The molecule has 0 saturated heterocycles. The van der Waals surface area contributed by atoms with Gasteiger partial charge in [-0.2, -0.15) is 0 Å². The van der Waals surface area contributed by atoms with Gasteiger partial charge in [-0.15, -0.1) is 0 Å². The Morgan fingerprint density at radius 3 is 2.70 bits per heavy atom. The second-order valence-electron chi connectivity index (χ2n) is 6.16. The molecular formula is C19H22N4O3S. The molecule has 0 bridgehead atoms. The van der Waals surface area contributed by atoms with Gasteiger partial charge < -0.3 is 19.9 Å². The van der Waals surface area contributed by atoms with E-state index in [2.05, 4.69) is 15.6 Å². The van der Waals surface area contributed by atoms with Crippen LogP contribution in [-0.4, -0.2) is 33.9 Å². The number of urea groups is 1. The van der Waals surface area contributed by atoms with Crippen LogP contribution in [0.4, 0.5) is 4.79 Å². The Morgan fingerprint density at radius 2 is 2.07 bits per heavy atom. The normalized spacial score (nSPS) is 16.7. The minimum absolute atomic E-state index is 0.261. The van der Waals surface area contributed by atoms with Crippen LogP contribution in [0.3, 0.4) is 0 Å². The summed E-state index contributed by atoms with van der Waals surface area (Å²) < 4.78 is 7.15. The van der Waals surface area contributed by atoms with Crippen LogP contribution < -0.4 is 10.6 Å². The molecule has 2 amide bonds. The molecular weight excluding hydrogens is 364 g/mol. The van der Waals surface area contributed by atoms with E-state index < -0.39 is 12.0 Å². The zero-order chi connectivity index (χ0) is 19.4. The summed E-state index contributed by atoms with van der Waals surface area (Å²) in [7, 11) is 1.89. The average Bonchev–Trinajstić information content (AvgIpc) is 3.05. The van der Waals surface area contributed by atoms with Crippen LogP contribution in [0.25, 0.3) is 0 Å². The van der Waals surface area contributed by atoms with E-state index in [0.29, 0.717) is 17.0 Å². The standard InChI is InChI=1S/C19H22N4O3S/c1-4-26-17(24)15-14(11-27-19-20-9-10-23(19)3)21-18(25)22-16(15)13-7-5-12(2)6-8-13/h5-10,16H,4,11H2,1-3H3,(H2,21,22,25)/t16-/m0/s1. The lowest BCUT2D eigenvalue weighted by atomic mass is 9.95. The molecule has 27 heavy (non-hydrogen) atoms. The highest BCUT2D eigenvalue weighted by molar-refractivity contribution is 7.99. The van der Waals surface area contributed by atoms with Crippen LogP contribution >= 0.6 is 11.8 Å². The van der Waals surface area contributed by atoms with E-state index in [0.717, 1.165) is 16.3 Å². The van der Waals surface area contributed by atoms with Crippen LogP contribution in [0.2, 0.25) is 0 Å². The first kappa shape index (κ1) is 19.0. The fourth-order valence-electron chi connectivity index (χ4n) is 2.82. The summed E-state index contributed by atoms with van der Waals surface area (Å²) in [6.45, 7) is 4.01. The number of imidazole rings is 1. The molecule has 0 aliphatic carbocycles. The molecule has 2 aromatic rings. The molecule has 0 unspecified atom stereocenters. The van der Waals surface area contributed by atoms with Crippen molar-refractivity contribution in [1.29, 1.82) is 0 Å². The van der Waals surface area contributed by atoms with Gasteiger partial charge in [0.1, 0.15) is 0 Å². The first-order valence-corrected chi connectivity index (χ1v) is 9.62. The van der Waals surface area contributed by atoms with E-state index in [1.54, 1.807) is 13.1 Å². The Balaban J connectivity index is 1.97. The number of esters is 1. The van der Waals surface area contributed by atoms with Crippen LogP contribution in [0.5, 0.6) is 0 Å². The van der Waals surface area contributed by atoms with E-state index in [-0.39, 0.29) is 12.6 Å². The quantitative estimate of drug-likeness (QED) is 0.589. The number of rotatable bonds is 6. The Labute approximate surface area is 162 Å². The number of carbonyl (C=O) groups is 2. The van der Waals surface area contributed by atoms with Gasteiger partial charge in [0.05, 0.1) is 18.2 Å². The molecule has 3 rings (SSSR count). The third kappa shape index (κ3) is 4.33. The van der Waals surface area contributed by atoms with Crippen molar-refractivity contribution in [3.8, 4) is 0 Å². The minimum Gasteiger partial charge on any atom is -0.463 e. The first-order valence-electron chi connectivity index (χ1n) is 8.64.